The quantitative estimate of drug-likeness (QED) is 0.678. The summed E-state index contributed by atoms with van der Waals surface area (Å²) in [6, 6.07) is 9.08. The lowest BCUT2D eigenvalue weighted by Gasteiger charge is -2.27. The number of carbonyl (C=O) groups is 2. The van der Waals surface area contributed by atoms with Crippen LogP contribution in [-0.4, -0.2) is 16.8 Å². The van der Waals surface area contributed by atoms with Gasteiger partial charge in [-0.2, -0.15) is 0 Å². The molecule has 0 aliphatic carbocycles. The van der Waals surface area contributed by atoms with Gasteiger partial charge in [0.05, 0.1) is 11.6 Å². The standard InChI is InChI=1S/C21H18Cl2FNO3/c1-11(2)7-17(26)18-19(12-3-5-15(24)6-4-12)25(21(28)20(18)27)16-9-13(22)8-14(23)10-16/h3-6,8-11,19,27H,7H2,1-2H3. The van der Waals surface area contributed by atoms with E-state index in [0.29, 0.717) is 21.3 Å². The number of rotatable bonds is 5. The van der Waals surface area contributed by atoms with Gasteiger partial charge in [0.25, 0.3) is 5.91 Å². The molecular weight excluding hydrogens is 404 g/mol. The Morgan fingerprint density at radius 3 is 2.25 bits per heavy atom. The molecule has 1 aliphatic heterocycles. The minimum absolute atomic E-state index is 0.0126. The van der Waals surface area contributed by atoms with Gasteiger partial charge >= 0.3 is 0 Å². The van der Waals surface area contributed by atoms with Gasteiger partial charge in [-0.05, 0) is 41.8 Å². The molecule has 0 radical (unpaired) electrons. The summed E-state index contributed by atoms with van der Waals surface area (Å²) >= 11 is 12.2. The predicted molar refractivity (Wildman–Crippen MR) is 107 cm³/mol. The van der Waals surface area contributed by atoms with E-state index in [-0.39, 0.29) is 23.7 Å². The van der Waals surface area contributed by atoms with Crippen molar-refractivity contribution < 1.29 is 19.1 Å². The van der Waals surface area contributed by atoms with Crippen molar-refractivity contribution in [3.8, 4) is 0 Å². The van der Waals surface area contributed by atoms with E-state index in [9.17, 15) is 19.1 Å². The first-order valence-corrected chi connectivity index (χ1v) is 9.46. The van der Waals surface area contributed by atoms with Crippen LogP contribution in [0.25, 0.3) is 0 Å². The predicted octanol–water partition coefficient (Wildman–Crippen LogP) is 5.65. The minimum atomic E-state index is -0.908. The molecule has 1 heterocycles. The molecule has 2 aromatic rings. The van der Waals surface area contributed by atoms with E-state index < -0.39 is 23.5 Å². The summed E-state index contributed by atoms with van der Waals surface area (Å²) < 4.78 is 13.4. The van der Waals surface area contributed by atoms with E-state index in [2.05, 4.69) is 0 Å². The van der Waals surface area contributed by atoms with E-state index >= 15 is 0 Å². The molecule has 0 fully saturated rings. The van der Waals surface area contributed by atoms with Crippen molar-refractivity contribution in [3.05, 3.63) is 75.2 Å². The highest BCUT2D eigenvalue weighted by Crippen LogP contribution is 2.42. The summed E-state index contributed by atoms with van der Waals surface area (Å²) in [5.41, 5.74) is 0.805. The molecule has 7 heteroatoms. The number of anilines is 1. The highest BCUT2D eigenvalue weighted by Gasteiger charge is 2.44. The number of benzene rings is 2. The molecule has 1 atom stereocenters. The molecule has 4 nitrogen and oxygen atoms in total. The Balaban J connectivity index is 2.17. The third kappa shape index (κ3) is 3.91. The molecule has 1 N–H and O–H groups in total. The number of amides is 1. The number of hydrogen-bond donors (Lipinski definition) is 1. The molecule has 1 aliphatic rings. The van der Waals surface area contributed by atoms with Gasteiger partial charge in [0.15, 0.2) is 11.5 Å². The van der Waals surface area contributed by atoms with Crippen LogP contribution in [0.1, 0.15) is 31.9 Å². The zero-order valence-electron chi connectivity index (χ0n) is 15.2. The van der Waals surface area contributed by atoms with E-state index in [1.165, 1.54) is 47.4 Å². The molecule has 3 rings (SSSR count). The fraction of sp³-hybridized carbons (Fsp3) is 0.238. The van der Waals surface area contributed by atoms with Crippen LogP contribution in [0, 0.1) is 11.7 Å². The van der Waals surface area contributed by atoms with Crippen molar-refractivity contribution in [3.63, 3.8) is 0 Å². The lowest BCUT2D eigenvalue weighted by atomic mass is 9.92. The number of ketones is 1. The Hall–Kier alpha value is -2.37. The second-order valence-corrected chi connectivity index (χ2v) is 7.91. The summed E-state index contributed by atoms with van der Waals surface area (Å²) in [7, 11) is 0. The van der Waals surface area contributed by atoms with E-state index in [1.807, 2.05) is 13.8 Å². The highest BCUT2D eigenvalue weighted by molar-refractivity contribution is 6.35. The first kappa shape index (κ1) is 20.4. The second-order valence-electron chi connectivity index (χ2n) is 7.04. The molecule has 0 spiro atoms. The van der Waals surface area contributed by atoms with Gasteiger partial charge in [-0.15, -0.1) is 0 Å². The third-order valence-corrected chi connectivity index (χ3v) is 4.85. The zero-order chi connectivity index (χ0) is 20.6. The molecule has 28 heavy (non-hydrogen) atoms. The Bertz CT molecular complexity index is 950. The fourth-order valence-electron chi connectivity index (χ4n) is 3.28. The van der Waals surface area contributed by atoms with Crippen molar-refractivity contribution in [2.24, 2.45) is 5.92 Å². The smallest absolute Gasteiger partial charge is 0.294 e. The van der Waals surface area contributed by atoms with Crippen molar-refractivity contribution in [1.82, 2.24) is 0 Å². The maximum Gasteiger partial charge on any atom is 0.294 e. The van der Waals surface area contributed by atoms with Gasteiger partial charge < -0.3 is 5.11 Å². The first-order valence-electron chi connectivity index (χ1n) is 8.70. The van der Waals surface area contributed by atoms with Crippen LogP contribution in [0.5, 0.6) is 0 Å². The van der Waals surface area contributed by atoms with Crippen LogP contribution in [0.15, 0.2) is 53.8 Å². The van der Waals surface area contributed by atoms with Crippen LogP contribution >= 0.6 is 23.2 Å². The summed E-state index contributed by atoms with van der Waals surface area (Å²) in [5.74, 6) is -2.11. The molecular formula is C21H18Cl2FNO3. The molecule has 0 saturated carbocycles. The Kier molecular flexibility index (Phi) is 5.77. The van der Waals surface area contributed by atoms with Crippen molar-refractivity contribution >= 4 is 40.6 Å². The maximum absolute atomic E-state index is 13.4. The zero-order valence-corrected chi connectivity index (χ0v) is 16.8. The molecule has 0 saturated heterocycles. The van der Waals surface area contributed by atoms with Crippen LogP contribution < -0.4 is 4.90 Å². The average Bonchev–Trinajstić information content (AvgIpc) is 2.86. The minimum Gasteiger partial charge on any atom is -0.503 e. The number of carbonyl (C=O) groups excluding carboxylic acids is 2. The van der Waals surface area contributed by atoms with Crippen molar-refractivity contribution in [1.29, 1.82) is 0 Å². The van der Waals surface area contributed by atoms with Crippen LogP contribution in [0.3, 0.4) is 0 Å². The largest absolute Gasteiger partial charge is 0.503 e. The van der Waals surface area contributed by atoms with Gasteiger partial charge in [-0.25, -0.2) is 4.39 Å². The van der Waals surface area contributed by atoms with E-state index in [0.717, 1.165) is 0 Å². The highest BCUT2D eigenvalue weighted by atomic mass is 35.5. The van der Waals surface area contributed by atoms with Gasteiger partial charge in [0, 0.05) is 22.2 Å². The monoisotopic (exact) mass is 421 g/mol. The Morgan fingerprint density at radius 1 is 1.14 bits per heavy atom. The number of Topliss-reactive ketones (excluding diaryl/α,β-unsaturated/α-hetero) is 1. The molecule has 1 amide bonds. The number of aliphatic hydroxyl groups is 1. The molecule has 0 aromatic heterocycles. The Labute approximate surface area is 172 Å². The molecule has 146 valence electrons. The topological polar surface area (TPSA) is 57.6 Å². The van der Waals surface area contributed by atoms with Gasteiger partial charge in [-0.1, -0.05) is 49.2 Å². The SMILES string of the molecule is CC(C)CC(=O)C1=C(O)C(=O)N(c2cc(Cl)cc(Cl)c2)C1c1ccc(F)cc1. The normalized spacial score (nSPS) is 17.0. The summed E-state index contributed by atoms with van der Waals surface area (Å²) in [6.07, 6.45) is 0.161. The van der Waals surface area contributed by atoms with E-state index in [1.54, 1.807) is 0 Å². The van der Waals surface area contributed by atoms with Crippen molar-refractivity contribution in [2.75, 3.05) is 4.90 Å². The number of nitrogens with zero attached hydrogens (tertiary/aromatic N) is 1. The fourth-order valence-corrected chi connectivity index (χ4v) is 3.79. The summed E-state index contributed by atoms with van der Waals surface area (Å²) in [4.78, 5) is 27.0. The summed E-state index contributed by atoms with van der Waals surface area (Å²) in [5, 5.41) is 11.1. The molecule has 0 bridgehead atoms. The van der Waals surface area contributed by atoms with Gasteiger partial charge in [0.2, 0.25) is 0 Å². The van der Waals surface area contributed by atoms with Crippen LogP contribution in [0.2, 0.25) is 10.0 Å². The van der Waals surface area contributed by atoms with Gasteiger partial charge in [0.1, 0.15) is 5.82 Å². The lowest BCUT2D eigenvalue weighted by molar-refractivity contribution is -0.118. The van der Waals surface area contributed by atoms with Gasteiger partial charge in [-0.3, -0.25) is 14.5 Å². The maximum atomic E-state index is 13.4. The molecule has 1 unspecified atom stereocenters. The number of aliphatic hydroxyl groups excluding tert-OH is 1. The Morgan fingerprint density at radius 2 is 1.71 bits per heavy atom. The van der Waals surface area contributed by atoms with Crippen LogP contribution in [0.4, 0.5) is 10.1 Å². The second kappa shape index (κ2) is 7.94. The average molecular weight is 422 g/mol. The van der Waals surface area contributed by atoms with Crippen LogP contribution in [-0.2, 0) is 9.59 Å². The number of hydrogen-bond acceptors (Lipinski definition) is 3. The lowest BCUT2D eigenvalue weighted by Crippen LogP contribution is -2.31. The third-order valence-electron chi connectivity index (χ3n) is 4.41. The number of halogens is 3. The van der Waals surface area contributed by atoms with Crippen molar-refractivity contribution in [2.45, 2.75) is 26.3 Å². The molecule has 2 aromatic carbocycles. The van der Waals surface area contributed by atoms with E-state index in [4.69, 9.17) is 23.2 Å². The summed E-state index contributed by atoms with van der Waals surface area (Å²) in [6.45, 7) is 3.74. The first-order chi connectivity index (χ1) is 13.2.